The topological polar surface area (TPSA) is 49.6 Å². The number of hydrogen-bond acceptors (Lipinski definition) is 3. The molecule has 1 unspecified atom stereocenters. The highest BCUT2D eigenvalue weighted by Gasteiger charge is 2.36. The molecular formula is C21H29Cl2N3O. The second-order valence-electron chi connectivity index (χ2n) is 7.00. The summed E-state index contributed by atoms with van der Waals surface area (Å²) in [5.41, 5.74) is 8.76. The molecule has 2 N–H and O–H groups in total. The van der Waals surface area contributed by atoms with E-state index in [9.17, 15) is 4.79 Å². The monoisotopic (exact) mass is 409 g/mol. The van der Waals surface area contributed by atoms with Crippen molar-refractivity contribution in [3.05, 3.63) is 71.8 Å². The van der Waals surface area contributed by atoms with Gasteiger partial charge in [0.15, 0.2) is 0 Å². The summed E-state index contributed by atoms with van der Waals surface area (Å²) in [4.78, 5) is 16.9. The Kier molecular flexibility index (Phi) is 9.27. The molecular weight excluding hydrogens is 381 g/mol. The number of likely N-dealkylation sites (tertiary alicyclic amines) is 1. The summed E-state index contributed by atoms with van der Waals surface area (Å²) in [6.45, 7) is 4.07. The zero-order chi connectivity index (χ0) is 17.8. The Morgan fingerprint density at radius 1 is 1.07 bits per heavy atom. The molecule has 0 radical (unpaired) electrons. The SMILES string of the molecule is CC(C(=O)N1C[C@@H](N)[C@H](c2ccccc2)C1)N(C)Cc1ccccc1.Cl.Cl. The molecule has 2 aromatic carbocycles. The van der Waals surface area contributed by atoms with Gasteiger partial charge in [-0.2, -0.15) is 0 Å². The maximum absolute atomic E-state index is 12.9. The molecule has 4 nitrogen and oxygen atoms in total. The van der Waals surface area contributed by atoms with Crippen molar-refractivity contribution in [3.63, 3.8) is 0 Å². The summed E-state index contributed by atoms with van der Waals surface area (Å²) in [5.74, 6) is 0.379. The average Bonchev–Trinajstić information content (AvgIpc) is 3.03. The molecule has 0 aromatic heterocycles. The van der Waals surface area contributed by atoms with E-state index >= 15 is 0 Å². The van der Waals surface area contributed by atoms with Gasteiger partial charge in [0.05, 0.1) is 6.04 Å². The van der Waals surface area contributed by atoms with E-state index in [1.807, 2.05) is 55.3 Å². The Labute approximate surface area is 174 Å². The summed E-state index contributed by atoms with van der Waals surface area (Å²) < 4.78 is 0. The Hall–Kier alpha value is -1.59. The molecule has 1 saturated heterocycles. The summed E-state index contributed by atoms with van der Waals surface area (Å²) >= 11 is 0. The molecule has 0 saturated carbocycles. The van der Waals surface area contributed by atoms with Crippen LogP contribution < -0.4 is 5.73 Å². The van der Waals surface area contributed by atoms with Gasteiger partial charge < -0.3 is 10.6 Å². The van der Waals surface area contributed by atoms with Crippen LogP contribution in [0, 0.1) is 0 Å². The van der Waals surface area contributed by atoms with Crippen LogP contribution in [0.15, 0.2) is 60.7 Å². The smallest absolute Gasteiger partial charge is 0.239 e. The van der Waals surface area contributed by atoms with Crippen molar-refractivity contribution in [3.8, 4) is 0 Å². The van der Waals surface area contributed by atoms with Gasteiger partial charge in [0, 0.05) is 31.6 Å². The Morgan fingerprint density at radius 3 is 2.22 bits per heavy atom. The largest absolute Gasteiger partial charge is 0.339 e. The zero-order valence-electron chi connectivity index (χ0n) is 15.8. The van der Waals surface area contributed by atoms with Gasteiger partial charge in [-0.1, -0.05) is 60.7 Å². The summed E-state index contributed by atoms with van der Waals surface area (Å²) in [6, 6.07) is 20.3. The highest BCUT2D eigenvalue weighted by Crippen LogP contribution is 2.27. The number of likely N-dealkylation sites (N-methyl/N-ethyl adjacent to an activating group) is 1. The maximum atomic E-state index is 12.9. The maximum Gasteiger partial charge on any atom is 0.239 e. The van der Waals surface area contributed by atoms with E-state index < -0.39 is 0 Å². The van der Waals surface area contributed by atoms with Gasteiger partial charge in [-0.3, -0.25) is 9.69 Å². The van der Waals surface area contributed by atoms with Crippen LogP contribution in [0.4, 0.5) is 0 Å². The molecule has 1 amide bonds. The second kappa shape index (κ2) is 10.7. The minimum atomic E-state index is -0.165. The fourth-order valence-electron chi connectivity index (χ4n) is 3.52. The zero-order valence-corrected chi connectivity index (χ0v) is 17.5. The number of benzene rings is 2. The molecule has 6 heteroatoms. The molecule has 2 aromatic rings. The molecule has 3 rings (SSSR count). The number of halogens is 2. The summed E-state index contributed by atoms with van der Waals surface area (Å²) in [7, 11) is 2.00. The lowest BCUT2D eigenvalue weighted by molar-refractivity contribution is -0.135. The van der Waals surface area contributed by atoms with Gasteiger partial charge in [-0.05, 0) is 25.1 Å². The van der Waals surface area contributed by atoms with Gasteiger partial charge in [0.1, 0.15) is 0 Å². The van der Waals surface area contributed by atoms with Crippen molar-refractivity contribution < 1.29 is 4.79 Å². The summed E-state index contributed by atoms with van der Waals surface area (Å²) in [6.07, 6.45) is 0. The Balaban J connectivity index is 0.00000182. The first-order valence-corrected chi connectivity index (χ1v) is 8.89. The predicted molar refractivity (Wildman–Crippen MR) is 116 cm³/mol. The number of nitrogens with zero attached hydrogens (tertiary/aromatic N) is 2. The van der Waals surface area contributed by atoms with E-state index in [1.165, 1.54) is 11.1 Å². The van der Waals surface area contributed by atoms with Gasteiger partial charge in [0.2, 0.25) is 5.91 Å². The molecule has 27 heavy (non-hydrogen) atoms. The van der Waals surface area contributed by atoms with Gasteiger partial charge in [-0.25, -0.2) is 0 Å². The second-order valence-corrected chi connectivity index (χ2v) is 7.00. The van der Waals surface area contributed by atoms with E-state index in [1.54, 1.807) is 0 Å². The lowest BCUT2D eigenvalue weighted by Gasteiger charge is -2.28. The molecule has 1 aliphatic rings. The predicted octanol–water partition coefficient (Wildman–Crippen LogP) is 3.30. The first kappa shape index (κ1) is 23.4. The standard InChI is InChI=1S/C21H27N3O.2ClH/c1-16(23(2)13-17-9-5-3-6-10-17)21(25)24-14-19(20(22)15-24)18-11-7-4-8-12-18;;/h3-12,16,19-20H,13-15,22H2,1-2H3;2*1H/t16?,19-,20+;;/m0../s1. The van der Waals surface area contributed by atoms with Crippen molar-refractivity contribution in [1.29, 1.82) is 0 Å². The van der Waals surface area contributed by atoms with Crippen LogP contribution in [0.1, 0.15) is 24.0 Å². The van der Waals surface area contributed by atoms with E-state index in [4.69, 9.17) is 5.73 Å². The molecule has 0 spiro atoms. The van der Waals surface area contributed by atoms with Crippen LogP contribution >= 0.6 is 24.8 Å². The Morgan fingerprint density at radius 2 is 1.63 bits per heavy atom. The number of nitrogens with two attached hydrogens (primary N) is 1. The first-order valence-electron chi connectivity index (χ1n) is 8.89. The third-order valence-electron chi connectivity index (χ3n) is 5.20. The van der Waals surface area contributed by atoms with Crippen molar-refractivity contribution in [1.82, 2.24) is 9.80 Å². The van der Waals surface area contributed by atoms with Crippen molar-refractivity contribution >= 4 is 30.7 Å². The van der Waals surface area contributed by atoms with Gasteiger partial charge >= 0.3 is 0 Å². The Bertz CT molecular complexity index is 699. The fraction of sp³-hybridized carbons (Fsp3) is 0.381. The third-order valence-corrected chi connectivity index (χ3v) is 5.20. The molecule has 1 fully saturated rings. The van der Waals surface area contributed by atoms with E-state index in [0.29, 0.717) is 13.1 Å². The molecule has 1 heterocycles. The molecule has 0 aliphatic carbocycles. The van der Waals surface area contributed by atoms with Crippen LogP contribution in [0.3, 0.4) is 0 Å². The number of carbonyl (C=O) groups excluding carboxylic acids is 1. The van der Waals surface area contributed by atoms with Gasteiger partial charge in [-0.15, -0.1) is 24.8 Å². The molecule has 3 atom stereocenters. The van der Waals surface area contributed by atoms with Crippen LogP contribution in [0.5, 0.6) is 0 Å². The van der Waals surface area contributed by atoms with Crippen LogP contribution in [0.2, 0.25) is 0 Å². The van der Waals surface area contributed by atoms with E-state index in [0.717, 1.165) is 6.54 Å². The van der Waals surface area contributed by atoms with Crippen molar-refractivity contribution in [2.24, 2.45) is 5.73 Å². The minimum Gasteiger partial charge on any atom is -0.339 e. The van der Waals surface area contributed by atoms with E-state index in [-0.39, 0.29) is 48.7 Å². The number of carbonyl (C=O) groups is 1. The highest BCUT2D eigenvalue weighted by molar-refractivity contribution is 5.85. The minimum absolute atomic E-state index is 0. The molecule has 0 bridgehead atoms. The van der Waals surface area contributed by atoms with Crippen LogP contribution in [-0.2, 0) is 11.3 Å². The molecule has 148 valence electrons. The average molecular weight is 410 g/mol. The van der Waals surface area contributed by atoms with Crippen LogP contribution in [-0.4, -0.2) is 47.9 Å². The highest BCUT2D eigenvalue weighted by atomic mass is 35.5. The normalized spacial score (nSPS) is 19.9. The van der Waals surface area contributed by atoms with E-state index in [2.05, 4.69) is 29.2 Å². The summed E-state index contributed by atoms with van der Waals surface area (Å²) in [5, 5.41) is 0. The lowest BCUT2D eigenvalue weighted by atomic mass is 9.95. The number of rotatable bonds is 5. The first-order chi connectivity index (χ1) is 12.1. The molecule has 1 aliphatic heterocycles. The third kappa shape index (κ3) is 5.69. The van der Waals surface area contributed by atoms with Crippen molar-refractivity contribution in [2.45, 2.75) is 31.5 Å². The number of hydrogen-bond donors (Lipinski definition) is 1. The fourth-order valence-corrected chi connectivity index (χ4v) is 3.52. The number of amides is 1. The van der Waals surface area contributed by atoms with Crippen LogP contribution in [0.25, 0.3) is 0 Å². The van der Waals surface area contributed by atoms with Crippen molar-refractivity contribution in [2.75, 3.05) is 20.1 Å². The quantitative estimate of drug-likeness (QED) is 0.823. The lowest BCUT2D eigenvalue weighted by Crippen LogP contribution is -2.45. The van der Waals surface area contributed by atoms with Gasteiger partial charge in [0.25, 0.3) is 0 Å².